The molecule has 0 amide bonds. The minimum Gasteiger partial charge on any atom is -0.490 e. The zero-order valence-electron chi connectivity index (χ0n) is 34.9. The number of aliphatic carboxylic acids is 1. The van der Waals surface area contributed by atoms with Crippen molar-refractivity contribution >= 4 is 56.3 Å². The van der Waals surface area contributed by atoms with Crippen molar-refractivity contribution in [1.82, 2.24) is 4.98 Å². The number of hydrogen-bond acceptors (Lipinski definition) is 9. The number of unbranched alkanes of at least 4 members (excludes halogenated alkanes) is 6. The number of aryl methyl sites for hydroxylation is 1. The number of thiophene rings is 1. The average molecular weight is 847 g/mol. The Kier molecular flexibility index (Phi) is 14.7. The van der Waals surface area contributed by atoms with Crippen molar-refractivity contribution in [3.63, 3.8) is 0 Å². The lowest BCUT2D eigenvalue weighted by molar-refractivity contribution is -0.132. The Morgan fingerprint density at radius 1 is 0.836 bits per heavy atom. The topological polar surface area (TPSA) is 108 Å². The minimum atomic E-state index is -1.25. The first kappa shape index (κ1) is 42.9. The number of carboxylic acid groups (broad SMARTS) is 1. The molecule has 3 heterocycles. The molecule has 1 atom stereocenters. The number of hydrazone groups is 1. The number of carboxylic acids is 1. The van der Waals surface area contributed by atoms with Gasteiger partial charge in [0, 0.05) is 17.5 Å². The normalized spacial score (nSPS) is 13.7. The van der Waals surface area contributed by atoms with Gasteiger partial charge in [-0.1, -0.05) is 88.5 Å². The number of thiazole rings is 1. The maximum absolute atomic E-state index is 11.2. The molecule has 6 aromatic rings. The summed E-state index contributed by atoms with van der Waals surface area (Å²) in [5.74, 6) is 6.83. The van der Waals surface area contributed by atoms with Gasteiger partial charge in [0.25, 0.3) is 0 Å². The molecule has 1 aliphatic rings. The van der Waals surface area contributed by atoms with Gasteiger partial charge in [-0.2, -0.15) is 10.4 Å². The summed E-state index contributed by atoms with van der Waals surface area (Å²) in [5, 5.41) is 26.7. The van der Waals surface area contributed by atoms with Crippen molar-refractivity contribution in [2.24, 2.45) is 5.10 Å². The molecule has 0 saturated heterocycles. The van der Waals surface area contributed by atoms with Crippen LogP contribution in [-0.4, -0.2) is 35.0 Å². The van der Waals surface area contributed by atoms with Crippen molar-refractivity contribution in [3.05, 3.63) is 135 Å². The van der Waals surface area contributed by atoms with Crippen LogP contribution in [0.4, 0.5) is 5.69 Å². The van der Waals surface area contributed by atoms with E-state index >= 15 is 0 Å². The molecule has 8 nitrogen and oxygen atoms in total. The third-order valence-electron chi connectivity index (χ3n) is 10.5. The second kappa shape index (κ2) is 20.9. The van der Waals surface area contributed by atoms with Crippen LogP contribution in [0.1, 0.15) is 110 Å². The maximum atomic E-state index is 11.2. The monoisotopic (exact) mass is 846 g/mol. The highest BCUT2D eigenvalue weighted by Gasteiger charge is 2.31. The lowest BCUT2D eigenvalue weighted by Gasteiger charge is -2.25. The van der Waals surface area contributed by atoms with Crippen molar-refractivity contribution < 1.29 is 19.4 Å². The first-order valence-electron chi connectivity index (χ1n) is 21.1. The Morgan fingerprint density at radius 2 is 1.57 bits per heavy atom. The molecule has 0 radical (unpaired) electrons. The highest BCUT2D eigenvalue weighted by atomic mass is 32.1. The first-order valence-corrected chi connectivity index (χ1v) is 22.8. The molecule has 4 aromatic carbocycles. The third kappa shape index (κ3) is 11.1. The highest BCUT2D eigenvalue weighted by Crippen LogP contribution is 2.42. The number of fused-ring (bicyclic) bond motifs is 1. The van der Waals surface area contributed by atoms with Crippen LogP contribution in [0.2, 0.25) is 0 Å². The number of ether oxygens (including phenoxy) is 2. The minimum absolute atomic E-state index is 0.0841. The number of carbonyl (C=O) groups is 1. The van der Waals surface area contributed by atoms with Crippen molar-refractivity contribution in [1.29, 1.82) is 5.26 Å². The summed E-state index contributed by atoms with van der Waals surface area (Å²) in [6.45, 7) is 7.86. The lowest BCUT2D eigenvalue weighted by atomic mass is 10.00. The predicted molar refractivity (Wildman–Crippen MR) is 250 cm³/mol. The molecule has 0 bridgehead atoms. The van der Waals surface area contributed by atoms with Crippen LogP contribution in [0.15, 0.2) is 108 Å². The Morgan fingerprint density at radius 3 is 2.28 bits per heavy atom. The Balaban J connectivity index is 1.16. The van der Waals surface area contributed by atoms with E-state index in [-0.39, 0.29) is 11.6 Å². The third-order valence-corrected chi connectivity index (χ3v) is 12.6. The summed E-state index contributed by atoms with van der Waals surface area (Å²) in [5.41, 5.74) is 7.47. The molecule has 0 fully saturated rings. The number of nitriles is 1. The first-order chi connectivity index (χ1) is 29.8. The van der Waals surface area contributed by atoms with Gasteiger partial charge in [0.05, 0.1) is 50.6 Å². The molecular weight excluding hydrogens is 797 g/mol. The Bertz CT molecular complexity index is 2620. The van der Waals surface area contributed by atoms with Crippen molar-refractivity contribution in [2.75, 3.05) is 18.2 Å². The summed E-state index contributed by atoms with van der Waals surface area (Å²) in [6, 6.07) is 34.2. The second-order valence-electron chi connectivity index (χ2n) is 15.2. The van der Waals surface area contributed by atoms with Crippen LogP contribution < -0.4 is 14.5 Å². The largest absolute Gasteiger partial charge is 0.490 e. The number of nitrogens with zero attached hydrogens (tertiary/aromatic N) is 4. The van der Waals surface area contributed by atoms with Crippen molar-refractivity contribution in [2.45, 2.75) is 84.6 Å². The van der Waals surface area contributed by atoms with Gasteiger partial charge in [0.2, 0.25) is 0 Å². The summed E-state index contributed by atoms with van der Waals surface area (Å²) in [7, 11) is 0. The van der Waals surface area contributed by atoms with Gasteiger partial charge >= 0.3 is 5.97 Å². The summed E-state index contributed by atoms with van der Waals surface area (Å²) >= 11 is 3.32. The van der Waals surface area contributed by atoms with Gasteiger partial charge < -0.3 is 14.6 Å². The zero-order chi connectivity index (χ0) is 42.6. The van der Waals surface area contributed by atoms with E-state index in [0.717, 1.165) is 85.6 Å². The molecule has 0 spiro atoms. The van der Waals surface area contributed by atoms with E-state index in [1.165, 1.54) is 42.0 Å². The number of benzene rings is 4. The molecule has 61 heavy (non-hydrogen) atoms. The molecule has 1 unspecified atom stereocenters. The van der Waals surface area contributed by atoms with E-state index in [2.05, 4.69) is 104 Å². The standard InChI is InChI=1S/C51H50N4O4S2/c1-4-6-8-10-28-58-46-26-20-39(32-47(46)59-29-11-9-7-5-2)45-33-44(48-27-24-42(60-48)23-17-36-13-15-37(16-14-36)31-40(34-52)51(56)57)54-55(45)41-21-18-38(19-22-41)50-53-43-25-12-35(3)30-49(43)61-50/h12-16,18-22,24-27,30-32,45H,4-11,28-29,33H2,1-3H3,(H,56,57). The fourth-order valence-electron chi connectivity index (χ4n) is 7.12. The maximum Gasteiger partial charge on any atom is 0.346 e. The molecule has 2 aromatic heterocycles. The summed E-state index contributed by atoms with van der Waals surface area (Å²) < 4.78 is 14.0. The van der Waals surface area contributed by atoms with E-state index in [1.54, 1.807) is 40.9 Å². The molecule has 0 saturated carbocycles. The Labute approximate surface area is 366 Å². The number of aromatic nitrogens is 1. The molecule has 7 rings (SSSR count). The van der Waals surface area contributed by atoms with E-state index in [0.29, 0.717) is 25.2 Å². The molecule has 10 heteroatoms. The number of anilines is 1. The summed E-state index contributed by atoms with van der Waals surface area (Å²) in [6.07, 6.45) is 11.1. The smallest absolute Gasteiger partial charge is 0.346 e. The Hall–Kier alpha value is -6.20. The predicted octanol–water partition coefficient (Wildman–Crippen LogP) is 13.0. The zero-order valence-corrected chi connectivity index (χ0v) is 36.6. The molecule has 1 aliphatic heterocycles. The van der Waals surface area contributed by atoms with Crippen molar-refractivity contribution in [3.8, 4) is 40.0 Å². The summed E-state index contributed by atoms with van der Waals surface area (Å²) in [4.78, 5) is 18.1. The van der Waals surface area contributed by atoms with Crippen LogP contribution in [0.5, 0.6) is 11.5 Å². The van der Waals surface area contributed by atoms with Crippen LogP contribution in [0, 0.1) is 30.1 Å². The van der Waals surface area contributed by atoms with Crippen LogP contribution in [0.3, 0.4) is 0 Å². The van der Waals surface area contributed by atoms with Crippen LogP contribution >= 0.6 is 22.7 Å². The van der Waals surface area contributed by atoms with Crippen LogP contribution in [0.25, 0.3) is 26.9 Å². The fraction of sp³-hybridized carbons (Fsp3) is 0.294. The van der Waals surface area contributed by atoms with Crippen LogP contribution in [-0.2, 0) is 4.79 Å². The van der Waals surface area contributed by atoms with E-state index < -0.39 is 5.97 Å². The van der Waals surface area contributed by atoms with Gasteiger partial charge in [0.15, 0.2) is 11.5 Å². The quantitative estimate of drug-likeness (QED) is 0.0397. The fourth-order valence-corrected chi connectivity index (χ4v) is 9.04. The molecular formula is C51H50N4O4S2. The molecule has 0 aliphatic carbocycles. The number of rotatable bonds is 18. The lowest BCUT2D eigenvalue weighted by Crippen LogP contribution is -2.18. The highest BCUT2D eigenvalue weighted by molar-refractivity contribution is 7.21. The molecule has 1 N–H and O–H groups in total. The van der Waals surface area contributed by atoms with Gasteiger partial charge in [-0.15, -0.1) is 22.7 Å². The SMILES string of the molecule is CCCCCCOc1ccc(C2CC(c3ccc(C#Cc4ccc(C=C(C#N)C(=O)O)cc4)s3)=NN2c2ccc(-c3nc4ccc(C)cc4s3)cc2)cc1OCCCCCC. The van der Waals surface area contributed by atoms with E-state index in [4.69, 9.17) is 24.8 Å². The second-order valence-corrected chi connectivity index (χ2v) is 17.3. The van der Waals surface area contributed by atoms with Gasteiger partial charge in [-0.25, -0.2) is 9.78 Å². The van der Waals surface area contributed by atoms with E-state index in [1.807, 2.05) is 18.2 Å². The van der Waals surface area contributed by atoms with Gasteiger partial charge in [-0.3, -0.25) is 5.01 Å². The molecule has 310 valence electrons. The van der Waals surface area contributed by atoms with Gasteiger partial charge in [0.1, 0.15) is 16.6 Å². The average Bonchev–Trinajstić information content (AvgIpc) is 4.04. The number of hydrogen-bond donors (Lipinski definition) is 1. The van der Waals surface area contributed by atoms with Gasteiger partial charge in [-0.05, 0) is 115 Å². The van der Waals surface area contributed by atoms with E-state index in [9.17, 15) is 9.90 Å².